The summed E-state index contributed by atoms with van der Waals surface area (Å²) in [6, 6.07) is 19.3. The fourth-order valence-electron chi connectivity index (χ4n) is 4.15. The third-order valence-corrected chi connectivity index (χ3v) is 5.98. The third-order valence-electron chi connectivity index (χ3n) is 5.98. The second-order valence-electron chi connectivity index (χ2n) is 8.36. The first-order valence-corrected chi connectivity index (χ1v) is 11.3. The molecule has 0 saturated carbocycles. The Bertz CT molecular complexity index is 1180. The summed E-state index contributed by atoms with van der Waals surface area (Å²) in [5.74, 6) is 0.0526. The molecule has 1 aliphatic rings. The number of carbonyl (C=O) groups excluding carboxylic acids is 1. The van der Waals surface area contributed by atoms with Crippen LogP contribution in [0.25, 0.3) is 10.8 Å². The zero-order valence-corrected chi connectivity index (χ0v) is 18.9. The number of benzene rings is 3. The average molecular weight is 460 g/mol. The van der Waals surface area contributed by atoms with Crippen molar-refractivity contribution in [1.82, 2.24) is 5.32 Å². The van der Waals surface area contributed by atoms with Crippen molar-refractivity contribution in [3.8, 4) is 5.75 Å². The molecular formula is C27H29N3O4. The van der Waals surface area contributed by atoms with Crippen LogP contribution in [0.15, 0.2) is 78.5 Å². The van der Waals surface area contributed by atoms with E-state index in [9.17, 15) is 4.79 Å². The van der Waals surface area contributed by atoms with E-state index in [0.29, 0.717) is 12.0 Å². The summed E-state index contributed by atoms with van der Waals surface area (Å²) in [6.07, 6.45) is 3.18. The Labute approximate surface area is 198 Å². The number of esters is 1. The highest BCUT2D eigenvalue weighted by Gasteiger charge is 2.23. The maximum atomic E-state index is 12.9. The zero-order valence-electron chi connectivity index (χ0n) is 18.9. The highest BCUT2D eigenvalue weighted by Crippen LogP contribution is 2.27. The van der Waals surface area contributed by atoms with Crippen LogP contribution in [0, 0.1) is 0 Å². The predicted molar refractivity (Wildman–Crippen MR) is 132 cm³/mol. The van der Waals surface area contributed by atoms with Crippen LogP contribution >= 0.6 is 0 Å². The van der Waals surface area contributed by atoms with Crippen LogP contribution in [0.3, 0.4) is 0 Å². The van der Waals surface area contributed by atoms with Crippen molar-refractivity contribution in [2.75, 3.05) is 19.7 Å². The van der Waals surface area contributed by atoms with Crippen molar-refractivity contribution in [1.29, 1.82) is 0 Å². The van der Waals surface area contributed by atoms with Crippen LogP contribution in [-0.4, -0.2) is 42.8 Å². The van der Waals surface area contributed by atoms with Gasteiger partial charge < -0.3 is 25.7 Å². The second kappa shape index (κ2) is 10.9. The molecule has 0 spiro atoms. The molecule has 3 aromatic rings. The highest BCUT2D eigenvalue weighted by molar-refractivity contribution is 6.00. The lowest BCUT2D eigenvalue weighted by Gasteiger charge is -2.18. The van der Waals surface area contributed by atoms with Crippen LogP contribution < -0.4 is 15.8 Å². The number of ether oxygens (including phenoxy) is 2. The van der Waals surface area contributed by atoms with E-state index in [2.05, 4.69) is 17.1 Å². The summed E-state index contributed by atoms with van der Waals surface area (Å²) in [5, 5.41) is 17.3. The van der Waals surface area contributed by atoms with E-state index in [4.69, 9.17) is 20.4 Å². The van der Waals surface area contributed by atoms with Gasteiger partial charge in [-0.2, -0.15) is 0 Å². The number of carbonyl (C=O) groups is 1. The number of oxime groups is 1. The maximum absolute atomic E-state index is 12.9. The Kier molecular flexibility index (Phi) is 7.44. The van der Waals surface area contributed by atoms with Gasteiger partial charge in [-0.25, -0.2) is 0 Å². The van der Waals surface area contributed by atoms with Gasteiger partial charge in [0.2, 0.25) is 0 Å². The molecule has 7 heteroatoms. The van der Waals surface area contributed by atoms with E-state index in [0.717, 1.165) is 47.2 Å². The zero-order chi connectivity index (χ0) is 23.9. The monoisotopic (exact) mass is 459 g/mol. The highest BCUT2D eigenvalue weighted by atomic mass is 16.5. The second-order valence-corrected chi connectivity index (χ2v) is 8.36. The van der Waals surface area contributed by atoms with Gasteiger partial charge in [0.1, 0.15) is 18.5 Å². The van der Waals surface area contributed by atoms with E-state index in [1.165, 1.54) is 0 Å². The Hall–Kier alpha value is -3.84. The van der Waals surface area contributed by atoms with Gasteiger partial charge >= 0.3 is 5.97 Å². The number of fused-ring (bicyclic) bond motifs is 1. The molecule has 4 N–H and O–H groups in total. The number of nitrogens with one attached hydrogen (secondary N) is 1. The van der Waals surface area contributed by atoms with Gasteiger partial charge in [-0.05, 0) is 59.5 Å². The Morgan fingerprint density at radius 2 is 1.97 bits per heavy atom. The smallest absolute Gasteiger partial charge is 0.314 e. The van der Waals surface area contributed by atoms with Crippen LogP contribution in [0.1, 0.15) is 29.0 Å². The number of rotatable bonds is 9. The Morgan fingerprint density at radius 1 is 1.18 bits per heavy atom. The Morgan fingerprint density at radius 3 is 2.68 bits per heavy atom. The lowest BCUT2D eigenvalue weighted by atomic mass is 9.91. The first kappa shape index (κ1) is 23.3. The number of amidine groups is 1. The molecule has 3 aromatic carbocycles. The molecule has 1 saturated heterocycles. The van der Waals surface area contributed by atoms with Crippen LogP contribution in [0.2, 0.25) is 0 Å². The van der Waals surface area contributed by atoms with Gasteiger partial charge in [0.05, 0.1) is 5.92 Å². The van der Waals surface area contributed by atoms with Gasteiger partial charge in [-0.1, -0.05) is 60.3 Å². The predicted octanol–water partition coefficient (Wildman–Crippen LogP) is 3.73. The minimum Gasteiger partial charge on any atom is -0.489 e. The summed E-state index contributed by atoms with van der Waals surface area (Å²) in [7, 11) is 0. The van der Waals surface area contributed by atoms with Gasteiger partial charge in [0.15, 0.2) is 5.84 Å². The molecule has 1 aliphatic heterocycles. The molecule has 4 rings (SSSR count). The van der Waals surface area contributed by atoms with Gasteiger partial charge in [-0.3, -0.25) is 4.79 Å². The van der Waals surface area contributed by atoms with Gasteiger partial charge in [0.25, 0.3) is 0 Å². The van der Waals surface area contributed by atoms with E-state index in [1.807, 2.05) is 54.6 Å². The van der Waals surface area contributed by atoms with E-state index in [1.54, 1.807) is 12.1 Å². The average Bonchev–Trinajstić information content (AvgIpc) is 3.38. The molecule has 1 fully saturated rings. The fraction of sp³-hybridized carbons (Fsp3) is 0.259. The van der Waals surface area contributed by atoms with Crippen molar-refractivity contribution in [2.24, 2.45) is 10.9 Å². The molecule has 7 nitrogen and oxygen atoms in total. The van der Waals surface area contributed by atoms with Crippen molar-refractivity contribution >= 4 is 22.6 Å². The summed E-state index contributed by atoms with van der Waals surface area (Å²) in [6.45, 7) is 5.60. The van der Waals surface area contributed by atoms with Crippen LogP contribution in [0.4, 0.5) is 0 Å². The number of hydrogen-bond donors (Lipinski definition) is 3. The molecule has 34 heavy (non-hydrogen) atoms. The molecular weight excluding hydrogens is 430 g/mol. The minimum absolute atomic E-state index is 0.0499. The first-order valence-electron chi connectivity index (χ1n) is 11.3. The van der Waals surface area contributed by atoms with Gasteiger partial charge in [-0.15, -0.1) is 0 Å². The van der Waals surface area contributed by atoms with Crippen LogP contribution in [0.5, 0.6) is 5.75 Å². The van der Waals surface area contributed by atoms with Crippen molar-refractivity contribution in [2.45, 2.75) is 24.9 Å². The Balaban J connectivity index is 1.58. The third kappa shape index (κ3) is 5.55. The lowest BCUT2D eigenvalue weighted by Crippen LogP contribution is -2.20. The van der Waals surface area contributed by atoms with Crippen molar-refractivity contribution < 1.29 is 19.5 Å². The SMILES string of the molecule is C=CCOC(=O)C(Cc1ccc2ccc(C(N)=NO)cc2c1)c1ccc(OC2CCNC2)cc1. The summed E-state index contributed by atoms with van der Waals surface area (Å²) < 4.78 is 11.4. The molecule has 0 bridgehead atoms. The molecule has 1 heterocycles. The summed E-state index contributed by atoms with van der Waals surface area (Å²) in [4.78, 5) is 12.9. The molecule has 0 aromatic heterocycles. The first-order chi connectivity index (χ1) is 16.6. The topological polar surface area (TPSA) is 106 Å². The van der Waals surface area contributed by atoms with Crippen molar-refractivity contribution in [3.63, 3.8) is 0 Å². The largest absolute Gasteiger partial charge is 0.489 e. The molecule has 2 atom stereocenters. The number of hydrogen-bond acceptors (Lipinski definition) is 6. The number of nitrogens with zero attached hydrogens (tertiary/aromatic N) is 1. The minimum atomic E-state index is -0.480. The van der Waals surface area contributed by atoms with Crippen LogP contribution in [-0.2, 0) is 16.0 Å². The normalized spacial score (nSPS) is 16.8. The molecule has 0 radical (unpaired) electrons. The summed E-state index contributed by atoms with van der Waals surface area (Å²) >= 11 is 0. The molecule has 2 unspecified atom stereocenters. The van der Waals surface area contributed by atoms with E-state index < -0.39 is 5.92 Å². The fourth-order valence-corrected chi connectivity index (χ4v) is 4.15. The maximum Gasteiger partial charge on any atom is 0.314 e. The molecule has 0 aliphatic carbocycles. The standard InChI is InChI=1S/C27H29N3O4/c1-2-13-33-27(31)25(20-7-9-23(10-8-20)34-24-11-12-29-17-24)15-18-3-4-19-5-6-21(26(28)30-32)16-22(19)14-18/h2-10,14,16,24-25,29,32H,1,11-13,15,17H2,(H2,28,30). The quantitative estimate of drug-likeness (QED) is 0.112. The number of nitrogens with two attached hydrogens (primary N) is 1. The van der Waals surface area contributed by atoms with Gasteiger partial charge in [0, 0.05) is 12.1 Å². The molecule has 0 amide bonds. The van der Waals surface area contributed by atoms with Crippen molar-refractivity contribution in [3.05, 3.63) is 90.0 Å². The van der Waals surface area contributed by atoms with E-state index >= 15 is 0 Å². The molecule has 176 valence electrons. The lowest BCUT2D eigenvalue weighted by molar-refractivity contribution is -0.144. The van der Waals surface area contributed by atoms with E-state index in [-0.39, 0.29) is 24.5 Å². The summed E-state index contributed by atoms with van der Waals surface area (Å²) in [5.41, 5.74) is 8.21.